The van der Waals surface area contributed by atoms with Crippen molar-refractivity contribution >= 4 is 16.6 Å². The molecule has 4 heteroatoms. The lowest BCUT2D eigenvalue weighted by molar-refractivity contribution is 0.164. The van der Waals surface area contributed by atoms with Gasteiger partial charge in [-0.2, -0.15) is 0 Å². The summed E-state index contributed by atoms with van der Waals surface area (Å²) in [5.74, 6) is 2.08. The van der Waals surface area contributed by atoms with E-state index in [1.54, 1.807) is 13.3 Å². The zero-order valence-electron chi connectivity index (χ0n) is 11.0. The van der Waals surface area contributed by atoms with Gasteiger partial charge in [-0.25, -0.2) is 4.98 Å². The van der Waals surface area contributed by atoms with Crippen molar-refractivity contribution in [3.05, 3.63) is 30.5 Å². The number of hydrogen-bond donors (Lipinski definition) is 2. The molecule has 3 rings (SSSR count). The Bertz CT molecular complexity index is 581. The van der Waals surface area contributed by atoms with Crippen LogP contribution in [0.5, 0.6) is 5.75 Å². The highest BCUT2D eigenvalue weighted by Crippen LogP contribution is 2.33. The fourth-order valence-electron chi connectivity index (χ4n) is 2.26. The maximum absolute atomic E-state index is 9.91. The first-order chi connectivity index (χ1) is 9.28. The molecule has 0 spiro atoms. The van der Waals surface area contributed by atoms with Crippen LogP contribution in [0, 0.1) is 5.92 Å². The summed E-state index contributed by atoms with van der Waals surface area (Å²) in [5, 5.41) is 15.3. The molecule has 0 saturated heterocycles. The van der Waals surface area contributed by atoms with Crippen molar-refractivity contribution in [2.24, 2.45) is 5.92 Å². The number of nitrogens with one attached hydrogen (secondary N) is 1. The van der Waals surface area contributed by atoms with E-state index < -0.39 is 0 Å². The molecule has 1 fully saturated rings. The van der Waals surface area contributed by atoms with Gasteiger partial charge in [0.05, 0.1) is 13.2 Å². The van der Waals surface area contributed by atoms with Crippen LogP contribution < -0.4 is 10.1 Å². The Balaban J connectivity index is 1.84. The predicted octanol–water partition coefficient (Wildman–Crippen LogP) is 2.43. The fourth-order valence-corrected chi connectivity index (χ4v) is 2.26. The SMILES string of the molecule is COc1ccc2ccnc(NCC(O)C3CC3)c2c1. The Hall–Kier alpha value is -1.81. The van der Waals surface area contributed by atoms with Crippen molar-refractivity contribution in [3.63, 3.8) is 0 Å². The monoisotopic (exact) mass is 258 g/mol. The van der Waals surface area contributed by atoms with Gasteiger partial charge in [0.2, 0.25) is 0 Å². The number of methoxy groups -OCH3 is 1. The molecule has 1 aromatic heterocycles. The average Bonchev–Trinajstić information content (AvgIpc) is 3.28. The summed E-state index contributed by atoms with van der Waals surface area (Å²) in [6, 6.07) is 7.88. The first-order valence-electron chi connectivity index (χ1n) is 6.62. The van der Waals surface area contributed by atoms with E-state index in [-0.39, 0.29) is 6.10 Å². The first kappa shape index (κ1) is 12.2. The van der Waals surface area contributed by atoms with E-state index >= 15 is 0 Å². The van der Waals surface area contributed by atoms with Crippen LogP contribution in [0.15, 0.2) is 30.5 Å². The second-order valence-corrected chi connectivity index (χ2v) is 5.03. The van der Waals surface area contributed by atoms with Gasteiger partial charge >= 0.3 is 0 Å². The van der Waals surface area contributed by atoms with E-state index in [2.05, 4.69) is 10.3 Å². The average molecular weight is 258 g/mol. The van der Waals surface area contributed by atoms with Crippen molar-refractivity contribution in [2.75, 3.05) is 19.0 Å². The Kier molecular flexibility index (Phi) is 3.25. The molecular weight excluding hydrogens is 240 g/mol. The summed E-state index contributed by atoms with van der Waals surface area (Å²) in [7, 11) is 1.65. The number of nitrogens with zero attached hydrogens (tertiary/aromatic N) is 1. The van der Waals surface area contributed by atoms with Gasteiger partial charge in [-0.3, -0.25) is 0 Å². The van der Waals surface area contributed by atoms with Crippen molar-refractivity contribution < 1.29 is 9.84 Å². The molecular formula is C15H18N2O2. The number of pyridine rings is 1. The molecule has 1 aromatic carbocycles. The van der Waals surface area contributed by atoms with Crippen molar-refractivity contribution in [3.8, 4) is 5.75 Å². The summed E-state index contributed by atoms with van der Waals surface area (Å²) in [6.45, 7) is 0.550. The van der Waals surface area contributed by atoms with Crippen LogP contribution in [0.1, 0.15) is 12.8 Å². The second-order valence-electron chi connectivity index (χ2n) is 5.03. The van der Waals surface area contributed by atoms with Crippen molar-refractivity contribution in [1.29, 1.82) is 0 Å². The quantitative estimate of drug-likeness (QED) is 0.865. The molecule has 1 atom stereocenters. The van der Waals surface area contributed by atoms with E-state index in [1.807, 2.05) is 24.3 Å². The maximum Gasteiger partial charge on any atom is 0.134 e. The molecule has 4 nitrogen and oxygen atoms in total. The summed E-state index contributed by atoms with van der Waals surface area (Å²) in [4.78, 5) is 4.36. The van der Waals surface area contributed by atoms with Crippen LogP contribution in [0.25, 0.3) is 10.8 Å². The van der Waals surface area contributed by atoms with Gasteiger partial charge in [-0.05, 0) is 42.3 Å². The molecule has 2 N–H and O–H groups in total. The van der Waals surface area contributed by atoms with E-state index in [9.17, 15) is 5.11 Å². The summed E-state index contributed by atoms with van der Waals surface area (Å²) < 4.78 is 5.25. The molecule has 19 heavy (non-hydrogen) atoms. The van der Waals surface area contributed by atoms with Gasteiger partial charge < -0.3 is 15.2 Å². The lowest BCUT2D eigenvalue weighted by Crippen LogP contribution is -2.21. The molecule has 1 aliphatic carbocycles. The summed E-state index contributed by atoms with van der Waals surface area (Å²) >= 11 is 0. The second kappa shape index (κ2) is 5.05. The molecule has 100 valence electrons. The van der Waals surface area contributed by atoms with Gasteiger partial charge in [-0.1, -0.05) is 6.07 Å². The molecule has 0 radical (unpaired) electrons. The lowest BCUT2D eigenvalue weighted by Gasteiger charge is -2.13. The smallest absolute Gasteiger partial charge is 0.134 e. The van der Waals surface area contributed by atoms with Gasteiger partial charge in [-0.15, -0.1) is 0 Å². The van der Waals surface area contributed by atoms with Crippen molar-refractivity contribution in [1.82, 2.24) is 4.98 Å². The largest absolute Gasteiger partial charge is 0.497 e. The molecule has 1 heterocycles. The minimum absolute atomic E-state index is 0.275. The van der Waals surface area contributed by atoms with Crippen LogP contribution >= 0.6 is 0 Å². The number of rotatable bonds is 5. The van der Waals surface area contributed by atoms with E-state index in [0.29, 0.717) is 12.5 Å². The maximum atomic E-state index is 9.91. The van der Waals surface area contributed by atoms with E-state index in [4.69, 9.17) is 4.74 Å². The third-order valence-electron chi connectivity index (χ3n) is 3.62. The standard InChI is InChI=1S/C15H18N2O2/c1-19-12-5-4-10-6-7-16-15(13(10)8-12)17-9-14(18)11-2-3-11/h4-8,11,14,18H,2-3,9H2,1H3,(H,16,17). The minimum Gasteiger partial charge on any atom is -0.497 e. The van der Waals surface area contributed by atoms with E-state index in [1.165, 1.54) is 0 Å². The number of aliphatic hydroxyl groups is 1. The Morgan fingerprint density at radius 1 is 1.42 bits per heavy atom. The van der Waals surface area contributed by atoms with Crippen LogP contribution in [-0.4, -0.2) is 29.8 Å². The third kappa shape index (κ3) is 2.63. The predicted molar refractivity (Wildman–Crippen MR) is 75.5 cm³/mol. The summed E-state index contributed by atoms with van der Waals surface area (Å²) in [6.07, 6.45) is 3.78. The highest BCUT2D eigenvalue weighted by molar-refractivity contribution is 5.92. The molecule has 1 aliphatic rings. The van der Waals surface area contributed by atoms with Gasteiger partial charge in [0.1, 0.15) is 11.6 Å². The van der Waals surface area contributed by atoms with Crippen molar-refractivity contribution in [2.45, 2.75) is 18.9 Å². The van der Waals surface area contributed by atoms with Crippen LogP contribution in [0.3, 0.4) is 0 Å². The van der Waals surface area contributed by atoms with Crippen LogP contribution in [0.4, 0.5) is 5.82 Å². The highest BCUT2D eigenvalue weighted by Gasteiger charge is 2.29. The molecule has 0 aliphatic heterocycles. The Morgan fingerprint density at radius 2 is 2.26 bits per heavy atom. The van der Waals surface area contributed by atoms with E-state index in [0.717, 1.165) is 35.2 Å². The number of aromatic nitrogens is 1. The van der Waals surface area contributed by atoms with Gasteiger partial charge in [0.25, 0.3) is 0 Å². The zero-order chi connectivity index (χ0) is 13.2. The van der Waals surface area contributed by atoms with Crippen LogP contribution in [-0.2, 0) is 0 Å². The lowest BCUT2D eigenvalue weighted by atomic mass is 10.1. The molecule has 1 unspecified atom stereocenters. The normalized spacial score (nSPS) is 16.3. The minimum atomic E-state index is -0.275. The number of benzene rings is 1. The third-order valence-corrected chi connectivity index (χ3v) is 3.62. The number of fused-ring (bicyclic) bond motifs is 1. The number of aliphatic hydroxyl groups excluding tert-OH is 1. The molecule has 2 aromatic rings. The zero-order valence-corrected chi connectivity index (χ0v) is 11.0. The van der Waals surface area contributed by atoms with Gasteiger partial charge in [0.15, 0.2) is 0 Å². The Morgan fingerprint density at radius 3 is 3.00 bits per heavy atom. The molecule has 0 bridgehead atoms. The van der Waals surface area contributed by atoms with Gasteiger partial charge in [0, 0.05) is 18.1 Å². The topological polar surface area (TPSA) is 54.4 Å². The molecule has 1 saturated carbocycles. The molecule has 0 amide bonds. The number of anilines is 1. The first-order valence-corrected chi connectivity index (χ1v) is 6.62. The van der Waals surface area contributed by atoms with Crippen LogP contribution in [0.2, 0.25) is 0 Å². The fraction of sp³-hybridized carbons (Fsp3) is 0.400. The Labute approximate surface area is 112 Å². The highest BCUT2D eigenvalue weighted by atomic mass is 16.5. The number of ether oxygens (including phenoxy) is 1. The number of hydrogen-bond acceptors (Lipinski definition) is 4. The summed E-state index contributed by atoms with van der Waals surface area (Å²) in [5.41, 5.74) is 0.